The molecule has 1 aromatic heterocycles. The number of ether oxygens (including phenoxy) is 2. The second-order valence-electron chi connectivity index (χ2n) is 7.49. The van der Waals surface area contributed by atoms with Gasteiger partial charge in [-0.1, -0.05) is 5.92 Å². The van der Waals surface area contributed by atoms with Gasteiger partial charge in [0.25, 0.3) is 0 Å². The first-order valence-corrected chi connectivity index (χ1v) is 10.9. The molecule has 174 valence electrons. The van der Waals surface area contributed by atoms with E-state index < -0.39 is 11.7 Å². The van der Waals surface area contributed by atoms with Crippen molar-refractivity contribution in [3.8, 4) is 18.1 Å². The zero-order chi connectivity index (χ0) is 25.6. The molecule has 0 saturated carbocycles. The van der Waals surface area contributed by atoms with E-state index >= 15 is 0 Å². The van der Waals surface area contributed by atoms with Crippen LogP contribution < -0.4 is 10.1 Å². The molecule has 0 unspecified atom stereocenters. The zero-order valence-corrected chi connectivity index (χ0v) is 21.1. The molecule has 1 heterocycles. The Bertz CT molecular complexity index is 626. The van der Waals surface area contributed by atoms with Crippen LogP contribution >= 0.6 is 15.9 Å². The summed E-state index contributed by atoms with van der Waals surface area (Å²) in [5, 5.41) is 10.8. The standard InChI is InChI=1S/C8H13NO2.C7H8BrNO2.C7H18N.H2/c1-5-6-9-7(10)11-8(2,3)4;8-7-6(11-5-4-10)2-1-3-9-7;1-5-8(4,6-2)7-3;/h1H,6H2,2-4H3,(H,9,10);1-3,10H,4-5H2;5-7H2,1-4H3;1H/q;;+1;/i;;;1+2T. The van der Waals surface area contributed by atoms with Crippen LogP contribution in [0.3, 0.4) is 0 Å². The zero-order valence-electron chi connectivity index (χ0n) is 21.5. The molecular formula is C22H41BrN3O4+. The lowest BCUT2D eigenvalue weighted by Crippen LogP contribution is -2.42. The molecule has 0 radical (unpaired) electrons. The number of hydrogen-bond donors (Lipinski definition) is 2. The minimum Gasteiger partial charge on any atom is -0.488 e. The number of aliphatic hydroxyl groups excluding tert-OH is 1. The van der Waals surface area contributed by atoms with Crippen molar-refractivity contribution in [1.29, 1.82) is 0 Å². The molecule has 1 aromatic rings. The van der Waals surface area contributed by atoms with Gasteiger partial charge in [-0.3, -0.25) is 0 Å². The van der Waals surface area contributed by atoms with Gasteiger partial charge in [0, 0.05) is 9.17 Å². The van der Waals surface area contributed by atoms with Crippen molar-refractivity contribution >= 4 is 22.0 Å². The molecule has 0 bridgehead atoms. The van der Waals surface area contributed by atoms with Crippen LogP contribution in [-0.4, -0.2) is 72.7 Å². The number of terminal acetylenes is 1. The van der Waals surface area contributed by atoms with E-state index in [1.165, 1.54) is 24.1 Å². The van der Waals surface area contributed by atoms with Gasteiger partial charge in [0.2, 0.25) is 0 Å². The van der Waals surface area contributed by atoms with Crippen LogP contribution in [0.1, 0.15) is 44.5 Å². The van der Waals surface area contributed by atoms with E-state index in [0.29, 0.717) is 17.0 Å². The Kier molecular flexibility index (Phi) is 15.9. The molecule has 0 spiro atoms. The summed E-state index contributed by atoms with van der Waals surface area (Å²) in [6, 6.07) is 3.56. The lowest BCUT2D eigenvalue weighted by atomic mass is 10.2. The number of carbonyl (C=O) groups excluding carboxylic acids is 1. The van der Waals surface area contributed by atoms with E-state index in [2.05, 4.69) is 60.0 Å². The summed E-state index contributed by atoms with van der Waals surface area (Å²) in [6.07, 6.45) is 6.11. The number of alkyl carbamates (subject to hydrolysis) is 1. The number of rotatable bonds is 7. The number of hydrogen-bond acceptors (Lipinski definition) is 5. The largest absolute Gasteiger partial charge is 0.488 e. The SMILES string of the molecule is C#CCNC(=O)OC(C)(C)C.CC[N+](C)(CC)CC.OCCOc1cccnc1Br.[3H][3H]. The highest BCUT2D eigenvalue weighted by Crippen LogP contribution is 2.20. The normalized spacial score (nSPS) is 10.7. The number of halogens is 1. The summed E-state index contributed by atoms with van der Waals surface area (Å²) in [4.78, 5) is 14.7. The highest BCUT2D eigenvalue weighted by molar-refractivity contribution is 9.10. The van der Waals surface area contributed by atoms with E-state index in [1.54, 1.807) is 39.1 Å². The summed E-state index contributed by atoms with van der Waals surface area (Å²) >= 11 is 3.21. The Balaban J connectivity index is -0.000000384. The Morgan fingerprint density at radius 3 is 2.30 bits per heavy atom. The van der Waals surface area contributed by atoms with Crippen LogP contribution in [0.4, 0.5) is 4.79 Å². The minimum atomic E-state index is -0.476. The first-order valence-electron chi connectivity index (χ1n) is 11.1. The Labute approximate surface area is 194 Å². The van der Waals surface area contributed by atoms with Gasteiger partial charge >= 0.3 is 6.09 Å². The molecule has 30 heavy (non-hydrogen) atoms. The molecule has 2 N–H and O–H groups in total. The summed E-state index contributed by atoms with van der Waals surface area (Å²) in [7, 11) is 2.29. The van der Waals surface area contributed by atoms with Gasteiger partial charge in [-0.2, -0.15) is 0 Å². The maximum Gasteiger partial charge on any atom is 0.408 e. The van der Waals surface area contributed by atoms with E-state index in [9.17, 15) is 4.79 Å². The summed E-state index contributed by atoms with van der Waals surface area (Å²) in [5.74, 6) is 2.93. The van der Waals surface area contributed by atoms with Crippen LogP contribution in [0.2, 0.25) is 0 Å². The average Bonchev–Trinajstić information content (AvgIpc) is 2.77. The number of amides is 1. The predicted octanol–water partition coefficient (Wildman–Crippen LogP) is 4.10. The smallest absolute Gasteiger partial charge is 0.408 e. The molecule has 0 aromatic carbocycles. The number of pyridine rings is 1. The second kappa shape index (κ2) is 16.9. The van der Waals surface area contributed by atoms with Gasteiger partial charge in [-0.15, -0.1) is 6.42 Å². The average molecular weight is 496 g/mol. The summed E-state index contributed by atoms with van der Waals surface area (Å²) < 4.78 is 21.9. The third-order valence-corrected chi connectivity index (χ3v) is 4.69. The highest BCUT2D eigenvalue weighted by atomic mass is 79.9. The van der Waals surface area contributed by atoms with Crippen molar-refractivity contribution in [3.05, 3.63) is 22.9 Å². The third-order valence-electron chi connectivity index (χ3n) is 4.10. The summed E-state index contributed by atoms with van der Waals surface area (Å²) in [6.45, 7) is 16.4. The fourth-order valence-electron chi connectivity index (χ4n) is 1.74. The van der Waals surface area contributed by atoms with Crippen LogP contribution in [-0.2, 0) is 4.74 Å². The second-order valence-corrected chi connectivity index (χ2v) is 8.24. The molecular weight excluding hydrogens is 450 g/mol. The van der Waals surface area contributed by atoms with E-state index in [-0.39, 0.29) is 13.2 Å². The number of carbonyl (C=O) groups is 1. The van der Waals surface area contributed by atoms with Crippen molar-refractivity contribution in [3.63, 3.8) is 0 Å². The minimum absolute atomic E-state index is 0.0152. The predicted molar refractivity (Wildman–Crippen MR) is 128 cm³/mol. The molecule has 0 fully saturated rings. The molecule has 0 saturated heterocycles. The fraction of sp³-hybridized carbons (Fsp3) is 0.636. The first kappa shape index (κ1) is 28.2. The number of nitrogens with zero attached hydrogens (tertiary/aromatic N) is 2. The van der Waals surface area contributed by atoms with Crippen molar-refractivity contribution in [2.45, 2.75) is 47.1 Å². The summed E-state index contributed by atoms with van der Waals surface area (Å²) in [5.41, 5.74) is -0.460. The first-order chi connectivity index (χ1) is 15.0. The van der Waals surface area contributed by atoms with Gasteiger partial charge < -0.3 is 24.4 Å². The molecule has 0 aliphatic heterocycles. The molecule has 0 aliphatic rings. The van der Waals surface area contributed by atoms with Crippen molar-refractivity contribution in [2.75, 3.05) is 46.4 Å². The lowest BCUT2D eigenvalue weighted by molar-refractivity contribution is -0.904. The number of aliphatic hydroxyl groups is 1. The van der Waals surface area contributed by atoms with Crippen molar-refractivity contribution in [1.82, 2.24) is 10.3 Å². The Hall–Kier alpha value is -1.82. The van der Waals surface area contributed by atoms with E-state index in [4.69, 9.17) is 24.0 Å². The van der Waals surface area contributed by atoms with Crippen LogP contribution in [0.15, 0.2) is 22.9 Å². The Morgan fingerprint density at radius 1 is 1.37 bits per heavy atom. The lowest BCUT2D eigenvalue weighted by Gasteiger charge is -2.30. The van der Waals surface area contributed by atoms with Crippen LogP contribution in [0.25, 0.3) is 0 Å². The van der Waals surface area contributed by atoms with E-state index in [1.807, 2.05) is 0 Å². The van der Waals surface area contributed by atoms with Crippen molar-refractivity contribution < 1.29 is 26.8 Å². The molecule has 8 heteroatoms. The van der Waals surface area contributed by atoms with Gasteiger partial charge in [0.05, 0.1) is 39.8 Å². The van der Waals surface area contributed by atoms with Crippen LogP contribution in [0.5, 0.6) is 5.75 Å². The third kappa shape index (κ3) is 17.1. The van der Waals surface area contributed by atoms with Gasteiger partial charge in [-0.05, 0) is 69.6 Å². The molecule has 0 atom stereocenters. The van der Waals surface area contributed by atoms with Crippen LogP contribution in [0, 0.1) is 12.3 Å². The van der Waals surface area contributed by atoms with Gasteiger partial charge in [-0.25, -0.2) is 9.78 Å². The number of quaternary nitrogens is 1. The Morgan fingerprint density at radius 2 is 1.93 bits per heavy atom. The number of nitrogens with one attached hydrogen (secondary N) is 1. The van der Waals surface area contributed by atoms with E-state index in [0.717, 1.165) is 0 Å². The molecule has 1 rings (SSSR count). The monoisotopic (exact) mass is 494 g/mol. The molecule has 7 nitrogen and oxygen atoms in total. The van der Waals surface area contributed by atoms with Gasteiger partial charge in [0.1, 0.15) is 16.8 Å². The topological polar surface area (TPSA) is 80.7 Å². The molecule has 0 aliphatic carbocycles. The fourth-order valence-corrected chi connectivity index (χ4v) is 2.11. The maximum atomic E-state index is 10.8. The highest BCUT2D eigenvalue weighted by Gasteiger charge is 2.14. The quantitative estimate of drug-likeness (QED) is 0.338. The van der Waals surface area contributed by atoms with Gasteiger partial charge in [0.15, 0.2) is 5.75 Å². The number of aromatic nitrogens is 1. The maximum absolute atomic E-state index is 10.8. The van der Waals surface area contributed by atoms with Crippen molar-refractivity contribution in [2.24, 2.45) is 0 Å². The molecule has 1 amide bonds.